The number of benzene rings is 1. The van der Waals surface area contributed by atoms with Gasteiger partial charge in [0.25, 0.3) is 0 Å². The van der Waals surface area contributed by atoms with Gasteiger partial charge >= 0.3 is 5.97 Å². The van der Waals surface area contributed by atoms with Gasteiger partial charge in [0.15, 0.2) is 11.5 Å². The number of carbonyl (C=O) groups is 2. The Kier molecular flexibility index (Phi) is 7.52. The average molecular weight is 377 g/mol. The molecule has 0 saturated carbocycles. The number of hydrogen-bond acceptors (Lipinski definition) is 6. The molecule has 7 nitrogen and oxygen atoms in total. The van der Waals surface area contributed by atoms with E-state index in [1.807, 2.05) is 0 Å². The molecular formula is C20H27NO6. The maximum atomic E-state index is 12.5. The summed E-state index contributed by atoms with van der Waals surface area (Å²) in [5.41, 5.74) is 0.747. The summed E-state index contributed by atoms with van der Waals surface area (Å²) in [5, 5.41) is 0. The number of amides is 1. The topological polar surface area (TPSA) is 74.3 Å². The van der Waals surface area contributed by atoms with Gasteiger partial charge in [0, 0.05) is 19.2 Å². The SMILES string of the molecule is CCOC(=O)[C@@H]1CCCN(C(=O)/C=C\c2cc(OC)c(OC)c(OC)c2)C1. The number of methoxy groups -OCH3 is 3. The molecule has 1 aliphatic heterocycles. The molecule has 2 rings (SSSR count). The number of esters is 1. The predicted octanol–water partition coefficient (Wildman–Crippen LogP) is 2.53. The number of piperidine rings is 1. The molecule has 148 valence electrons. The smallest absolute Gasteiger partial charge is 0.310 e. The molecule has 1 saturated heterocycles. The Morgan fingerprint density at radius 2 is 1.81 bits per heavy atom. The fourth-order valence-corrected chi connectivity index (χ4v) is 3.10. The van der Waals surface area contributed by atoms with Crippen molar-refractivity contribution >= 4 is 18.0 Å². The first-order valence-electron chi connectivity index (χ1n) is 8.97. The van der Waals surface area contributed by atoms with E-state index in [1.165, 1.54) is 13.2 Å². The first-order valence-corrected chi connectivity index (χ1v) is 8.97. The molecule has 0 unspecified atom stereocenters. The molecule has 1 aromatic carbocycles. The lowest BCUT2D eigenvalue weighted by Gasteiger charge is -2.30. The second-order valence-corrected chi connectivity index (χ2v) is 6.17. The van der Waals surface area contributed by atoms with Gasteiger partial charge in [0.2, 0.25) is 11.7 Å². The van der Waals surface area contributed by atoms with Crippen LogP contribution in [0.25, 0.3) is 6.08 Å². The highest BCUT2D eigenvalue weighted by molar-refractivity contribution is 5.92. The third kappa shape index (κ3) is 5.15. The highest BCUT2D eigenvalue weighted by Crippen LogP contribution is 2.38. The summed E-state index contributed by atoms with van der Waals surface area (Å²) in [4.78, 5) is 26.1. The first kappa shape index (κ1) is 20.6. The van der Waals surface area contributed by atoms with Crippen molar-refractivity contribution in [2.45, 2.75) is 19.8 Å². The lowest BCUT2D eigenvalue weighted by atomic mass is 9.98. The third-order valence-electron chi connectivity index (χ3n) is 4.46. The predicted molar refractivity (Wildman–Crippen MR) is 101 cm³/mol. The molecule has 1 fully saturated rings. The first-order chi connectivity index (χ1) is 13.0. The van der Waals surface area contributed by atoms with Gasteiger partial charge in [0.1, 0.15) is 0 Å². The summed E-state index contributed by atoms with van der Waals surface area (Å²) in [5.74, 6) is 0.906. The van der Waals surface area contributed by atoms with E-state index < -0.39 is 0 Å². The Labute approximate surface area is 159 Å². The Balaban J connectivity index is 2.10. The molecule has 0 radical (unpaired) electrons. The highest BCUT2D eigenvalue weighted by atomic mass is 16.5. The largest absolute Gasteiger partial charge is 0.493 e. The third-order valence-corrected chi connectivity index (χ3v) is 4.46. The summed E-state index contributed by atoms with van der Waals surface area (Å²) in [6.07, 6.45) is 4.72. The number of hydrogen-bond donors (Lipinski definition) is 0. The van der Waals surface area contributed by atoms with Crippen molar-refractivity contribution in [3.05, 3.63) is 23.8 Å². The normalized spacial score (nSPS) is 16.9. The summed E-state index contributed by atoms with van der Waals surface area (Å²) >= 11 is 0. The van der Waals surface area contributed by atoms with E-state index in [0.29, 0.717) is 36.9 Å². The van der Waals surface area contributed by atoms with Crippen molar-refractivity contribution < 1.29 is 28.5 Å². The number of carbonyl (C=O) groups excluding carboxylic acids is 2. The van der Waals surface area contributed by atoms with Crippen molar-refractivity contribution in [1.29, 1.82) is 0 Å². The van der Waals surface area contributed by atoms with Crippen LogP contribution in [0.15, 0.2) is 18.2 Å². The fraction of sp³-hybridized carbons (Fsp3) is 0.500. The molecule has 0 spiro atoms. The van der Waals surface area contributed by atoms with Gasteiger partial charge in [-0.1, -0.05) is 0 Å². The summed E-state index contributed by atoms with van der Waals surface area (Å²) in [6.45, 7) is 3.15. The van der Waals surface area contributed by atoms with Crippen LogP contribution in [0.5, 0.6) is 17.2 Å². The van der Waals surface area contributed by atoms with E-state index in [1.54, 1.807) is 44.3 Å². The average Bonchev–Trinajstić information content (AvgIpc) is 2.71. The minimum atomic E-state index is -0.253. The monoisotopic (exact) mass is 377 g/mol. The number of rotatable bonds is 7. The molecule has 1 aromatic rings. The number of nitrogens with zero attached hydrogens (tertiary/aromatic N) is 1. The van der Waals surface area contributed by atoms with Crippen LogP contribution >= 0.6 is 0 Å². The molecule has 1 aliphatic rings. The van der Waals surface area contributed by atoms with E-state index in [4.69, 9.17) is 18.9 Å². The Hall–Kier alpha value is -2.70. The molecule has 1 heterocycles. The van der Waals surface area contributed by atoms with Crippen LogP contribution < -0.4 is 14.2 Å². The molecule has 0 aliphatic carbocycles. The summed E-state index contributed by atoms with van der Waals surface area (Å²) in [7, 11) is 4.62. The minimum Gasteiger partial charge on any atom is -0.493 e. The van der Waals surface area contributed by atoms with E-state index >= 15 is 0 Å². The van der Waals surface area contributed by atoms with Crippen LogP contribution in [0.2, 0.25) is 0 Å². The van der Waals surface area contributed by atoms with Gasteiger partial charge in [-0.15, -0.1) is 0 Å². The zero-order valence-corrected chi connectivity index (χ0v) is 16.3. The molecule has 27 heavy (non-hydrogen) atoms. The van der Waals surface area contributed by atoms with Gasteiger partial charge in [-0.25, -0.2) is 0 Å². The molecule has 1 amide bonds. The molecule has 0 bridgehead atoms. The summed E-state index contributed by atoms with van der Waals surface area (Å²) in [6, 6.07) is 3.53. The maximum absolute atomic E-state index is 12.5. The lowest BCUT2D eigenvalue weighted by Crippen LogP contribution is -2.42. The lowest BCUT2D eigenvalue weighted by molar-refractivity contribution is -0.150. The van der Waals surface area contributed by atoms with Crippen LogP contribution in [-0.2, 0) is 14.3 Å². The second-order valence-electron chi connectivity index (χ2n) is 6.17. The fourth-order valence-electron chi connectivity index (χ4n) is 3.10. The standard InChI is InChI=1S/C20H27NO6/c1-5-27-20(23)15-7-6-10-21(13-15)18(22)9-8-14-11-16(24-2)19(26-4)17(12-14)25-3/h8-9,11-12,15H,5-7,10,13H2,1-4H3/b9-8-/t15-/m1/s1. The molecule has 0 N–H and O–H groups in total. The number of ether oxygens (including phenoxy) is 4. The van der Waals surface area contributed by atoms with Crippen LogP contribution in [0.4, 0.5) is 0 Å². The van der Waals surface area contributed by atoms with E-state index in [-0.39, 0.29) is 17.8 Å². The van der Waals surface area contributed by atoms with Crippen molar-refractivity contribution in [1.82, 2.24) is 4.90 Å². The van der Waals surface area contributed by atoms with E-state index in [9.17, 15) is 9.59 Å². The summed E-state index contributed by atoms with van der Waals surface area (Å²) < 4.78 is 21.0. The van der Waals surface area contributed by atoms with Gasteiger partial charge in [0.05, 0.1) is 33.9 Å². The zero-order valence-electron chi connectivity index (χ0n) is 16.3. The van der Waals surface area contributed by atoms with Crippen molar-refractivity contribution in [3.63, 3.8) is 0 Å². The van der Waals surface area contributed by atoms with Crippen LogP contribution in [0, 0.1) is 5.92 Å². The van der Waals surface area contributed by atoms with Crippen molar-refractivity contribution in [2.24, 2.45) is 5.92 Å². The Bertz CT molecular complexity index is 675. The van der Waals surface area contributed by atoms with Crippen LogP contribution in [0.1, 0.15) is 25.3 Å². The number of likely N-dealkylation sites (tertiary alicyclic amines) is 1. The Morgan fingerprint density at radius 3 is 2.37 bits per heavy atom. The van der Waals surface area contributed by atoms with Crippen LogP contribution in [-0.4, -0.2) is 57.8 Å². The van der Waals surface area contributed by atoms with Gasteiger partial charge in [-0.3, -0.25) is 9.59 Å². The second kappa shape index (κ2) is 9.85. The maximum Gasteiger partial charge on any atom is 0.310 e. The molecule has 0 aromatic heterocycles. The molecule has 1 atom stereocenters. The van der Waals surface area contributed by atoms with Crippen LogP contribution in [0.3, 0.4) is 0 Å². The molecular weight excluding hydrogens is 350 g/mol. The van der Waals surface area contributed by atoms with Crippen molar-refractivity contribution in [3.8, 4) is 17.2 Å². The van der Waals surface area contributed by atoms with E-state index in [2.05, 4.69) is 0 Å². The van der Waals surface area contributed by atoms with E-state index in [0.717, 1.165) is 18.4 Å². The Morgan fingerprint density at radius 1 is 1.15 bits per heavy atom. The zero-order chi connectivity index (χ0) is 19.8. The van der Waals surface area contributed by atoms with Gasteiger partial charge in [-0.2, -0.15) is 0 Å². The highest BCUT2D eigenvalue weighted by Gasteiger charge is 2.28. The van der Waals surface area contributed by atoms with Gasteiger partial charge < -0.3 is 23.8 Å². The molecule has 7 heteroatoms. The van der Waals surface area contributed by atoms with Gasteiger partial charge in [-0.05, 0) is 43.5 Å². The van der Waals surface area contributed by atoms with Crippen molar-refractivity contribution in [2.75, 3.05) is 41.0 Å². The quantitative estimate of drug-likeness (QED) is 0.537. The minimum absolute atomic E-state index is 0.141.